The highest BCUT2D eigenvalue weighted by Gasteiger charge is 2.37. The summed E-state index contributed by atoms with van der Waals surface area (Å²) in [6.45, 7) is 3.97. The quantitative estimate of drug-likeness (QED) is 0.617. The van der Waals surface area contributed by atoms with E-state index >= 15 is 0 Å². The van der Waals surface area contributed by atoms with Gasteiger partial charge in [-0.15, -0.1) is 0 Å². The Labute approximate surface area is 178 Å². The molecule has 2 amide bonds. The molecule has 2 aromatic rings. The lowest BCUT2D eigenvalue weighted by Gasteiger charge is -2.16. The van der Waals surface area contributed by atoms with Crippen molar-refractivity contribution in [2.24, 2.45) is 0 Å². The van der Waals surface area contributed by atoms with Gasteiger partial charge in [0.15, 0.2) is 6.10 Å². The van der Waals surface area contributed by atoms with Crippen molar-refractivity contribution in [3.63, 3.8) is 0 Å². The van der Waals surface area contributed by atoms with Crippen LogP contribution in [0.1, 0.15) is 25.8 Å². The van der Waals surface area contributed by atoms with Crippen molar-refractivity contribution in [2.45, 2.75) is 26.4 Å². The third kappa shape index (κ3) is 4.65. The first-order valence-electron chi connectivity index (χ1n) is 9.43. The van der Waals surface area contributed by atoms with E-state index in [4.69, 9.17) is 14.6 Å². The second-order valence-electron chi connectivity index (χ2n) is 6.34. The van der Waals surface area contributed by atoms with Crippen molar-refractivity contribution in [3.05, 3.63) is 59.0 Å². The molecule has 1 N–H and O–H groups in total. The van der Waals surface area contributed by atoms with Crippen molar-refractivity contribution in [3.8, 4) is 11.5 Å². The van der Waals surface area contributed by atoms with Crippen LogP contribution in [0.2, 0.25) is 0 Å². The number of hydrogen-bond acceptors (Lipinski definition) is 6. The minimum atomic E-state index is -1.03. The maximum Gasteiger partial charge on any atom is 0.344 e. The van der Waals surface area contributed by atoms with Gasteiger partial charge in [0, 0.05) is 0 Å². The lowest BCUT2D eigenvalue weighted by Crippen LogP contribution is -2.28. The first-order chi connectivity index (χ1) is 14.4. The predicted molar refractivity (Wildman–Crippen MR) is 115 cm³/mol. The molecule has 0 spiro atoms. The summed E-state index contributed by atoms with van der Waals surface area (Å²) in [5.74, 6) is -0.564. The molecule has 1 fully saturated rings. The Hall–Kier alpha value is -3.26. The summed E-state index contributed by atoms with van der Waals surface area (Å²) in [5.41, 5.74) is 1.10. The fraction of sp³-hybridized carbons (Fsp3) is 0.227. The van der Waals surface area contributed by atoms with Crippen molar-refractivity contribution >= 4 is 40.6 Å². The number of hydrogen-bond donors (Lipinski definition) is 1. The summed E-state index contributed by atoms with van der Waals surface area (Å²) >= 11 is 0.855. The highest BCUT2D eigenvalue weighted by atomic mass is 32.2. The molecular formula is C22H21NO6S. The van der Waals surface area contributed by atoms with E-state index in [-0.39, 0.29) is 4.91 Å². The van der Waals surface area contributed by atoms with Crippen LogP contribution < -0.4 is 14.4 Å². The van der Waals surface area contributed by atoms with Gasteiger partial charge in [0.2, 0.25) is 0 Å². The normalized spacial score (nSPS) is 16.1. The van der Waals surface area contributed by atoms with Crippen LogP contribution in [-0.2, 0) is 9.59 Å². The number of imide groups is 1. The maximum atomic E-state index is 12.9. The van der Waals surface area contributed by atoms with E-state index in [0.717, 1.165) is 16.7 Å². The van der Waals surface area contributed by atoms with E-state index in [0.29, 0.717) is 35.8 Å². The minimum Gasteiger partial charge on any atom is -0.492 e. The zero-order valence-electron chi connectivity index (χ0n) is 16.5. The van der Waals surface area contributed by atoms with Gasteiger partial charge in [0.05, 0.1) is 17.2 Å². The summed E-state index contributed by atoms with van der Waals surface area (Å²) in [6.07, 6.45) is 1.04. The number of carboxylic acid groups (broad SMARTS) is 1. The smallest absolute Gasteiger partial charge is 0.344 e. The Kier molecular flexibility index (Phi) is 6.79. The number of benzene rings is 2. The van der Waals surface area contributed by atoms with Gasteiger partial charge in [-0.3, -0.25) is 9.59 Å². The zero-order chi connectivity index (χ0) is 21.7. The lowest BCUT2D eigenvalue weighted by molar-refractivity contribution is -0.145. The number of carbonyl (C=O) groups is 3. The number of nitrogens with zero attached hydrogens (tertiary/aromatic N) is 1. The number of carboxylic acids is 1. The summed E-state index contributed by atoms with van der Waals surface area (Å²) in [5, 5.41) is 8.69. The van der Waals surface area contributed by atoms with Gasteiger partial charge in [0.25, 0.3) is 11.1 Å². The number of anilines is 1. The second kappa shape index (κ2) is 9.49. The summed E-state index contributed by atoms with van der Waals surface area (Å²) in [6, 6.07) is 13.6. The molecule has 7 nitrogen and oxygen atoms in total. The second-order valence-corrected chi connectivity index (χ2v) is 7.33. The number of amides is 2. The molecule has 0 bridgehead atoms. The Morgan fingerprint density at radius 3 is 2.47 bits per heavy atom. The van der Waals surface area contributed by atoms with Crippen molar-refractivity contribution < 1.29 is 29.0 Å². The Morgan fingerprint density at radius 2 is 1.83 bits per heavy atom. The third-order valence-corrected chi connectivity index (χ3v) is 5.17. The predicted octanol–water partition coefficient (Wildman–Crippen LogP) is 4.57. The summed E-state index contributed by atoms with van der Waals surface area (Å²) < 4.78 is 11.0. The number of carbonyl (C=O) groups excluding carboxylic acids is 2. The van der Waals surface area contributed by atoms with Crippen molar-refractivity contribution in [2.75, 3.05) is 11.5 Å². The molecule has 156 valence electrons. The van der Waals surface area contributed by atoms with E-state index in [2.05, 4.69) is 0 Å². The topological polar surface area (TPSA) is 93.1 Å². The van der Waals surface area contributed by atoms with Gasteiger partial charge in [-0.2, -0.15) is 0 Å². The Bertz CT molecular complexity index is 985. The van der Waals surface area contributed by atoms with E-state index in [1.807, 2.05) is 6.92 Å². The van der Waals surface area contributed by atoms with E-state index in [1.54, 1.807) is 61.5 Å². The van der Waals surface area contributed by atoms with Crippen LogP contribution in [0, 0.1) is 0 Å². The molecule has 0 aromatic heterocycles. The SMILES string of the molecule is CCOc1ccccc1N1C(=O)S/C(=C/c2ccc(OC(CC)C(=O)O)cc2)C1=O. The number of ether oxygens (including phenoxy) is 2. The van der Waals surface area contributed by atoms with Crippen molar-refractivity contribution in [1.29, 1.82) is 0 Å². The monoisotopic (exact) mass is 427 g/mol. The van der Waals surface area contributed by atoms with Crippen LogP contribution in [-0.4, -0.2) is 34.9 Å². The molecule has 3 rings (SSSR count). The first kappa shape index (κ1) is 21.4. The molecular weight excluding hydrogens is 406 g/mol. The number of thioether (sulfide) groups is 1. The van der Waals surface area contributed by atoms with Gasteiger partial charge in [-0.1, -0.05) is 31.2 Å². The van der Waals surface area contributed by atoms with E-state index in [9.17, 15) is 14.4 Å². The molecule has 0 radical (unpaired) electrons. The first-order valence-corrected chi connectivity index (χ1v) is 10.3. The average Bonchev–Trinajstić information content (AvgIpc) is 3.01. The van der Waals surface area contributed by atoms with Crippen LogP contribution >= 0.6 is 11.8 Å². The lowest BCUT2D eigenvalue weighted by atomic mass is 10.2. The van der Waals surface area contributed by atoms with Crippen LogP contribution in [0.25, 0.3) is 6.08 Å². The van der Waals surface area contributed by atoms with E-state index < -0.39 is 23.2 Å². The van der Waals surface area contributed by atoms with Gasteiger partial charge in [0.1, 0.15) is 11.5 Å². The Balaban J connectivity index is 1.80. The largest absolute Gasteiger partial charge is 0.492 e. The molecule has 0 saturated carbocycles. The molecule has 1 aliphatic heterocycles. The van der Waals surface area contributed by atoms with Crippen molar-refractivity contribution in [1.82, 2.24) is 0 Å². The highest BCUT2D eigenvalue weighted by Crippen LogP contribution is 2.39. The third-order valence-electron chi connectivity index (χ3n) is 4.30. The average molecular weight is 427 g/mol. The van der Waals surface area contributed by atoms with Gasteiger partial charge in [-0.05, 0) is 61.0 Å². The number of aliphatic carboxylic acids is 1. The molecule has 1 heterocycles. The van der Waals surface area contributed by atoms with Gasteiger partial charge >= 0.3 is 5.97 Å². The van der Waals surface area contributed by atoms with Crippen LogP contribution in [0.4, 0.5) is 10.5 Å². The Morgan fingerprint density at radius 1 is 1.13 bits per heavy atom. The molecule has 1 aliphatic rings. The summed E-state index contributed by atoms with van der Waals surface area (Å²) in [7, 11) is 0. The molecule has 1 saturated heterocycles. The summed E-state index contributed by atoms with van der Waals surface area (Å²) in [4.78, 5) is 37.9. The van der Waals surface area contributed by atoms with Gasteiger partial charge < -0.3 is 14.6 Å². The molecule has 30 heavy (non-hydrogen) atoms. The standard InChI is InChI=1S/C22H21NO6S/c1-3-17(21(25)26)29-15-11-9-14(10-12-15)13-19-20(24)23(22(27)30-19)16-7-5-6-8-18(16)28-4-2/h5-13,17H,3-4H2,1-2H3,(H,25,26)/b19-13+. The number of para-hydroxylation sites is 2. The molecule has 1 atom stereocenters. The fourth-order valence-corrected chi connectivity index (χ4v) is 3.70. The van der Waals surface area contributed by atoms with Crippen LogP contribution in [0.15, 0.2) is 53.4 Å². The van der Waals surface area contributed by atoms with E-state index in [1.165, 1.54) is 0 Å². The molecule has 2 aromatic carbocycles. The zero-order valence-corrected chi connectivity index (χ0v) is 17.3. The molecule has 1 unspecified atom stereocenters. The van der Waals surface area contributed by atoms with Crippen LogP contribution in [0.5, 0.6) is 11.5 Å². The molecule has 8 heteroatoms. The molecule has 0 aliphatic carbocycles. The maximum absolute atomic E-state index is 12.9. The number of rotatable bonds is 8. The fourth-order valence-electron chi connectivity index (χ4n) is 2.86. The van der Waals surface area contributed by atoms with Crippen LogP contribution in [0.3, 0.4) is 0 Å². The minimum absolute atomic E-state index is 0.289. The van der Waals surface area contributed by atoms with Gasteiger partial charge in [-0.25, -0.2) is 9.69 Å². The highest BCUT2D eigenvalue weighted by molar-refractivity contribution is 8.19.